The van der Waals surface area contributed by atoms with Crippen molar-refractivity contribution in [3.63, 3.8) is 0 Å². The number of anilines is 1. The fraction of sp³-hybridized carbons (Fsp3) is 0.261. The highest BCUT2D eigenvalue weighted by atomic mass is 19.1. The van der Waals surface area contributed by atoms with E-state index in [1.165, 1.54) is 16.7 Å². The summed E-state index contributed by atoms with van der Waals surface area (Å²) < 4.78 is 21.3. The maximum atomic E-state index is 14.4. The third-order valence-corrected chi connectivity index (χ3v) is 5.56. The second-order valence-electron chi connectivity index (χ2n) is 7.69. The molecule has 1 aromatic carbocycles. The Hall–Kier alpha value is -3.52. The average Bonchev–Trinajstić information content (AvgIpc) is 3.23. The first-order valence-electron chi connectivity index (χ1n) is 10.3. The number of benzene rings is 1. The molecule has 0 unspecified atom stereocenters. The fourth-order valence-corrected chi connectivity index (χ4v) is 3.83. The van der Waals surface area contributed by atoms with Crippen LogP contribution in [-0.4, -0.2) is 38.8 Å². The van der Waals surface area contributed by atoms with Crippen molar-refractivity contribution in [3.05, 3.63) is 76.7 Å². The number of halogens is 1. The Morgan fingerprint density at radius 2 is 2.06 bits per heavy atom. The highest BCUT2D eigenvalue weighted by molar-refractivity contribution is 5.80. The van der Waals surface area contributed by atoms with Crippen LogP contribution in [0.3, 0.4) is 0 Å². The Balaban J connectivity index is 1.37. The lowest BCUT2D eigenvalue weighted by Gasteiger charge is -2.23. The predicted molar refractivity (Wildman–Crippen MR) is 117 cm³/mol. The summed E-state index contributed by atoms with van der Waals surface area (Å²) in [7, 11) is 0. The second kappa shape index (κ2) is 8.31. The highest BCUT2D eigenvalue weighted by Gasteiger charge is 2.15. The molecular weight excluding hydrogens is 397 g/mol. The molecule has 2 N–H and O–H groups in total. The molecule has 158 valence electrons. The quantitative estimate of drug-likeness (QED) is 0.517. The summed E-state index contributed by atoms with van der Waals surface area (Å²) >= 11 is 0. The summed E-state index contributed by atoms with van der Waals surface area (Å²) in [4.78, 5) is 24.6. The Morgan fingerprint density at radius 3 is 2.90 bits per heavy atom. The van der Waals surface area contributed by atoms with E-state index in [1.807, 2.05) is 12.1 Å². The van der Waals surface area contributed by atoms with E-state index < -0.39 is 0 Å². The topological polar surface area (TPSA) is 84.8 Å². The van der Waals surface area contributed by atoms with Crippen molar-refractivity contribution in [1.82, 2.24) is 19.5 Å². The van der Waals surface area contributed by atoms with Crippen LogP contribution in [0, 0.1) is 5.82 Å². The van der Waals surface area contributed by atoms with Crippen LogP contribution in [0.1, 0.15) is 18.4 Å². The summed E-state index contributed by atoms with van der Waals surface area (Å²) in [5, 5.41) is 4.14. The van der Waals surface area contributed by atoms with Crippen LogP contribution >= 0.6 is 0 Å². The molecule has 0 amide bonds. The molecule has 1 aliphatic heterocycles. The van der Waals surface area contributed by atoms with Gasteiger partial charge in [-0.2, -0.15) is 0 Å². The molecule has 8 heteroatoms. The Morgan fingerprint density at radius 1 is 1.19 bits per heavy atom. The number of aromatic nitrogens is 4. The minimum absolute atomic E-state index is 0.153. The number of H-pyrrole nitrogens is 1. The molecule has 0 radical (unpaired) electrons. The molecule has 31 heavy (non-hydrogen) atoms. The molecule has 0 atom stereocenters. The van der Waals surface area contributed by atoms with E-state index in [0.717, 1.165) is 37.0 Å². The molecule has 0 aliphatic carbocycles. The van der Waals surface area contributed by atoms with E-state index in [-0.39, 0.29) is 24.0 Å². The number of hydrogen-bond donors (Lipinski definition) is 2. The normalized spacial score (nSPS) is 14.7. The van der Waals surface area contributed by atoms with Gasteiger partial charge in [0.25, 0.3) is 5.56 Å². The molecule has 0 bridgehead atoms. The van der Waals surface area contributed by atoms with Crippen LogP contribution in [0.2, 0.25) is 0 Å². The third-order valence-electron chi connectivity index (χ3n) is 5.56. The van der Waals surface area contributed by atoms with Gasteiger partial charge in [0, 0.05) is 65.9 Å². The van der Waals surface area contributed by atoms with Gasteiger partial charge in [0.2, 0.25) is 5.95 Å². The van der Waals surface area contributed by atoms with Crippen LogP contribution in [0.5, 0.6) is 0 Å². The minimum Gasteiger partial charge on any atom is -0.381 e. The lowest BCUT2D eigenvalue weighted by atomic mass is 10.1. The second-order valence-corrected chi connectivity index (χ2v) is 7.69. The minimum atomic E-state index is -0.331. The first-order chi connectivity index (χ1) is 15.2. The van der Waals surface area contributed by atoms with Crippen molar-refractivity contribution >= 4 is 16.9 Å². The standard InChI is InChI=1S/C23H22FN5O2/c24-19-11-15-1-6-25-21(15)12-17(19)14-29-8-3-16(13-22(29)30)20-2-7-26-23(28-20)27-18-4-9-31-10-5-18/h1-3,6-8,11-13,18,25H,4-5,9-10,14H2,(H,26,27,28). The van der Waals surface area contributed by atoms with Crippen LogP contribution in [0.25, 0.3) is 22.2 Å². The molecular formula is C23H22FN5O2. The van der Waals surface area contributed by atoms with E-state index in [0.29, 0.717) is 22.8 Å². The number of pyridine rings is 1. The van der Waals surface area contributed by atoms with Crippen molar-refractivity contribution in [3.8, 4) is 11.3 Å². The predicted octanol–water partition coefficient (Wildman–Crippen LogP) is 3.56. The molecule has 1 aliphatic rings. The molecule has 1 fully saturated rings. The summed E-state index contributed by atoms with van der Waals surface area (Å²) in [5.41, 5.74) is 2.43. The van der Waals surface area contributed by atoms with Crippen molar-refractivity contribution in [1.29, 1.82) is 0 Å². The Bertz CT molecular complexity index is 1280. The van der Waals surface area contributed by atoms with E-state index in [1.54, 1.807) is 30.7 Å². The lowest BCUT2D eigenvalue weighted by molar-refractivity contribution is 0.0903. The van der Waals surface area contributed by atoms with Crippen LogP contribution in [-0.2, 0) is 11.3 Å². The molecule has 5 rings (SSSR count). The molecule has 4 aromatic rings. The Kier molecular flexibility index (Phi) is 5.21. The van der Waals surface area contributed by atoms with Crippen LogP contribution in [0.15, 0.2) is 59.8 Å². The van der Waals surface area contributed by atoms with Crippen molar-refractivity contribution in [2.24, 2.45) is 0 Å². The van der Waals surface area contributed by atoms with Gasteiger partial charge in [-0.1, -0.05) is 0 Å². The summed E-state index contributed by atoms with van der Waals surface area (Å²) in [6, 6.07) is 10.4. The zero-order valence-corrected chi connectivity index (χ0v) is 16.8. The number of ether oxygens (including phenoxy) is 1. The molecule has 0 spiro atoms. The molecule has 3 aromatic heterocycles. The summed E-state index contributed by atoms with van der Waals surface area (Å²) in [6.45, 7) is 1.61. The Labute approximate surface area is 177 Å². The number of hydrogen-bond acceptors (Lipinski definition) is 5. The largest absolute Gasteiger partial charge is 0.381 e. The van der Waals surface area contributed by atoms with Crippen LogP contribution < -0.4 is 10.9 Å². The van der Waals surface area contributed by atoms with Crippen molar-refractivity contribution in [2.45, 2.75) is 25.4 Å². The molecule has 1 saturated heterocycles. The zero-order chi connectivity index (χ0) is 21.2. The highest BCUT2D eigenvalue weighted by Crippen LogP contribution is 2.20. The first kappa shape index (κ1) is 19.4. The molecule has 0 saturated carbocycles. The van der Waals surface area contributed by atoms with Crippen molar-refractivity contribution < 1.29 is 9.13 Å². The zero-order valence-electron chi connectivity index (χ0n) is 16.8. The maximum absolute atomic E-state index is 14.4. The van der Waals surface area contributed by atoms with Gasteiger partial charge < -0.3 is 19.6 Å². The van der Waals surface area contributed by atoms with Gasteiger partial charge in [-0.25, -0.2) is 14.4 Å². The first-order valence-corrected chi connectivity index (χ1v) is 10.3. The smallest absolute Gasteiger partial charge is 0.251 e. The monoisotopic (exact) mass is 419 g/mol. The number of aromatic amines is 1. The van der Waals surface area contributed by atoms with Gasteiger partial charge in [0.1, 0.15) is 5.82 Å². The average molecular weight is 419 g/mol. The summed E-state index contributed by atoms with van der Waals surface area (Å²) in [5.74, 6) is 0.206. The van der Waals surface area contributed by atoms with Gasteiger partial charge >= 0.3 is 0 Å². The van der Waals surface area contributed by atoms with E-state index in [2.05, 4.69) is 20.3 Å². The summed E-state index contributed by atoms with van der Waals surface area (Å²) in [6.07, 6.45) is 6.94. The van der Waals surface area contributed by atoms with Gasteiger partial charge in [-0.3, -0.25) is 4.79 Å². The van der Waals surface area contributed by atoms with Gasteiger partial charge in [0.15, 0.2) is 0 Å². The van der Waals surface area contributed by atoms with Crippen molar-refractivity contribution in [2.75, 3.05) is 18.5 Å². The fourth-order valence-electron chi connectivity index (χ4n) is 3.83. The SMILES string of the molecule is O=c1cc(-c2ccnc(NC3CCOCC3)n2)ccn1Cc1cc2[nH]ccc2cc1F. The van der Waals surface area contributed by atoms with E-state index in [4.69, 9.17) is 4.74 Å². The lowest BCUT2D eigenvalue weighted by Crippen LogP contribution is -2.28. The van der Waals surface area contributed by atoms with Crippen LogP contribution in [0.4, 0.5) is 10.3 Å². The van der Waals surface area contributed by atoms with Gasteiger partial charge in [-0.05, 0) is 43.2 Å². The number of fused-ring (bicyclic) bond motifs is 1. The number of nitrogens with zero attached hydrogens (tertiary/aromatic N) is 3. The number of nitrogens with one attached hydrogen (secondary N) is 2. The maximum Gasteiger partial charge on any atom is 0.251 e. The van der Waals surface area contributed by atoms with E-state index >= 15 is 0 Å². The third kappa shape index (κ3) is 4.20. The number of rotatable bonds is 5. The molecule has 7 nitrogen and oxygen atoms in total. The van der Waals surface area contributed by atoms with E-state index in [9.17, 15) is 9.18 Å². The van der Waals surface area contributed by atoms with Gasteiger partial charge in [-0.15, -0.1) is 0 Å². The van der Waals surface area contributed by atoms with Gasteiger partial charge in [0.05, 0.1) is 12.2 Å². The molecule has 4 heterocycles.